The van der Waals surface area contributed by atoms with Crippen molar-refractivity contribution < 1.29 is 17.6 Å². The zero-order valence-corrected chi connectivity index (χ0v) is 18.8. The third-order valence-electron chi connectivity index (χ3n) is 6.09. The summed E-state index contributed by atoms with van der Waals surface area (Å²) < 4.78 is 42.9. The molecule has 0 bridgehead atoms. The van der Waals surface area contributed by atoms with Gasteiger partial charge in [0.25, 0.3) is 5.91 Å². The summed E-state index contributed by atoms with van der Waals surface area (Å²) in [4.78, 5) is 15.5. The van der Waals surface area contributed by atoms with Crippen LogP contribution in [-0.4, -0.2) is 32.5 Å². The second kappa shape index (κ2) is 8.13. The van der Waals surface area contributed by atoms with E-state index in [0.717, 1.165) is 16.5 Å². The summed E-state index contributed by atoms with van der Waals surface area (Å²) in [6.45, 7) is 0.666. The standard InChI is InChI=1S/C25H22FN3O3S/c1-27-33(31,32)20-10-11-23-18(14-20)12-13-28(23)25(30)24-15-17-6-3-5-9-22(17)29(24)16-19-7-2-4-8-21(19)26/h2-11,14-15,27H,12-13,16H2,1H3. The van der Waals surface area contributed by atoms with Gasteiger partial charge in [0, 0.05) is 28.7 Å². The minimum atomic E-state index is -3.57. The largest absolute Gasteiger partial charge is 0.332 e. The Labute approximate surface area is 191 Å². The van der Waals surface area contributed by atoms with Crippen LogP contribution in [0, 0.1) is 5.82 Å². The Morgan fingerprint density at radius 3 is 2.58 bits per heavy atom. The van der Waals surface area contributed by atoms with E-state index < -0.39 is 10.0 Å². The van der Waals surface area contributed by atoms with Crippen LogP contribution in [0.15, 0.2) is 77.7 Å². The fourth-order valence-corrected chi connectivity index (χ4v) is 5.15. The fraction of sp³-hybridized carbons (Fsp3) is 0.160. The molecule has 0 saturated carbocycles. The smallest absolute Gasteiger partial charge is 0.274 e. The van der Waals surface area contributed by atoms with Crippen LogP contribution < -0.4 is 9.62 Å². The lowest BCUT2D eigenvalue weighted by Gasteiger charge is -2.19. The number of hydrogen-bond donors (Lipinski definition) is 1. The normalized spacial score (nSPS) is 13.5. The van der Waals surface area contributed by atoms with Gasteiger partial charge in [0.15, 0.2) is 0 Å². The molecular formula is C25H22FN3O3S. The zero-order valence-electron chi connectivity index (χ0n) is 18.0. The molecule has 1 aromatic heterocycles. The van der Waals surface area contributed by atoms with Gasteiger partial charge in [0.2, 0.25) is 10.0 Å². The predicted molar refractivity (Wildman–Crippen MR) is 126 cm³/mol. The lowest BCUT2D eigenvalue weighted by Crippen LogP contribution is -2.31. The zero-order chi connectivity index (χ0) is 23.2. The number of fused-ring (bicyclic) bond motifs is 2. The van der Waals surface area contributed by atoms with Crippen LogP contribution in [0.5, 0.6) is 0 Å². The van der Waals surface area contributed by atoms with Crippen molar-refractivity contribution in [3.05, 3.63) is 95.4 Å². The number of halogens is 1. The summed E-state index contributed by atoms with van der Waals surface area (Å²) in [5, 5.41) is 0.895. The van der Waals surface area contributed by atoms with Crippen molar-refractivity contribution in [2.75, 3.05) is 18.5 Å². The van der Waals surface area contributed by atoms with Gasteiger partial charge in [-0.2, -0.15) is 0 Å². The molecule has 1 N–H and O–H groups in total. The quantitative estimate of drug-likeness (QED) is 0.487. The van der Waals surface area contributed by atoms with Crippen LogP contribution in [0.3, 0.4) is 0 Å². The molecule has 0 fully saturated rings. The highest BCUT2D eigenvalue weighted by Crippen LogP contribution is 2.32. The summed E-state index contributed by atoms with van der Waals surface area (Å²) in [5.41, 5.74) is 3.30. The average molecular weight is 464 g/mol. The SMILES string of the molecule is CNS(=O)(=O)c1ccc2c(c1)CCN2C(=O)c1cc2ccccc2n1Cc1ccccc1F. The van der Waals surface area contributed by atoms with Crippen molar-refractivity contribution in [1.29, 1.82) is 0 Å². The first-order valence-electron chi connectivity index (χ1n) is 10.6. The summed E-state index contributed by atoms with van der Waals surface area (Å²) in [5.74, 6) is -0.524. The number of nitrogens with zero attached hydrogens (tertiary/aromatic N) is 2. The van der Waals surface area contributed by atoms with Gasteiger partial charge in [-0.05, 0) is 55.4 Å². The van der Waals surface area contributed by atoms with E-state index in [-0.39, 0.29) is 23.2 Å². The van der Waals surface area contributed by atoms with Crippen molar-refractivity contribution in [3.8, 4) is 0 Å². The number of para-hydroxylation sites is 1. The Bertz CT molecular complexity index is 1490. The van der Waals surface area contributed by atoms with Crippen LogP contribution in [-0.2, 0) is 23.0 Å². The maximum Gasteiger partial charge on any atom is 0.274 e. The summed E-state index contributed by atoms with van der Waals surface area (Å²) in [7, 11) is -2.20. The van der Waals surface area contributed by atoms with Crippen LogP contribution in [0.25, 0.3) is 10.9 Å². The number of hydrogen-bond acceptors (Lipinski definition) is 3. The topological polar surface area (TPSA) is 71.4 Å². The average Bonchev–Trinajstić information content (AvgIpc) is 3.41. The van der Waals surface area contributed by atoms with E-state index in [1.54, 1.807) is 35.2 Å². The van der Waals surface area contributed by atoms with Crippen molar-refractivity contribution in [2.24, 2.45) is 0 Å². The van der Waals surface area contributed by atoms with E-state index in [9.17, 15) is 17.6 Å². The van der Waals surface area contributed by atoms with Crippen molar-refractivity contribution >= 4 is 32.5 Å². The molecule has 33 heavy (non-hydrogen) atoms. The molecule has 0 radical (unpaired) electrons. The van der Waals surface area contributed by atoms with E-state index in [0.29, 0.717) is 29.9 Å². The molecule has 1 aliphatic rings. The van der Waals surface area contributed by atoms with Crippen LogP contribution in [0.2, 0.25) is 0 Å². The van der Waals surface area contributed by atoms with Crippen molar-refractivity contribution in [1.82, 2.24) is 9.29 Å². The number of aromatic nitrogens is 1. The highest BCUT2D eigenvalue weighted by atomic mass is 32.2. The number of sulfonamides is 1. The fourth-order valence-electron chi connectivity index (χ4n) is 4.37. The minimum absolute atomic E-state index is 0.173. The molecule has 0 unspecified atom stereocenters. The maximum atomic E-state index is 14.4. The van der Waals surface area contributed by atoms with E-state index in [2.05, 4.69) is 4.72 Å². The Hall–Kier alpha value is -3.49. The molecule has 0 saturated heterocycles. The Balaban J connectivity index is 1.56. The van der Waals surface area contributed by atoms with Gasteiger partial charge in [-0.15, -0.1) is 0 Å². The van der Waals surface area contributed by atoms with E-state index in [1.165, 1.54) is 19.2 Å². The lowest BCUT2D eigenvalue weighted by molar-refractivity contribution is 0.0981. The molecule has 5 rings (SSSR count). The number of carbonyl (C=O) groups is 1. The molecular weight excluding hydrogens is 441 g/mol. The van der Waals surface area contributed by atoms with E-state index >= 15 is 0 Å². The maximum absolute atomic E-state index is 14.4. The third-order valence-corrected chi connectivity index (χ3v) is 7.50. The molecule has 1 amide bonds. The molecule has 0 aliphatic carbocycles. The Kier molecular flexibility index (Phi) is 5.26. The van der Waals surface area contributed by atoms with Gasteiger partial charge in [-0.25, -0.2) is 17.5 Å². The van der Waals surface area contributed by atoms with Gasteiger partial charge >= 0.3 is 0 Å². The number of nitrogens with one attached hydrogen (secondary N) is 1. The third kappa shape index (κ3) is 3.71. The first-order valence-corrected chi connectivity index (χ1v) is 12.1. The highest BCUT2D eigenvalue weighted by molar-refractivity contribution is 7.89. The number of anilines is 1. The summed E-state index contributed by atoms with van der Waals surface area (Å²) >= 11 is 0. The molecule has 0 atom stereocenters. The van der Waals surface area contributed by atoms with Gasteiger partial charge in [-0.1, -0.05) is 36.4 Å². The molecule has 4 aromatic rings. The minimum Gasteiger partial charge on any atom is -0.332 e. The number of rotatable bonds is 5. The molecule has 3 aromatic carbocycles. The van der Waals surface area contributed by atoms with E-state index in [4.69, 9.17) is 0 Å². The van der Waals surface area contributed by atoms with Gasteiger partial charge in [0.1, 0.15) is 11.5 Å². The molecule has 168 valence electrons. The molecule has 0 spiro atoms. The molecule has 6 nitrogen and oxygen atoms in total. The van der Waals surface area contributed by atoms with Crippen LogP contribution >= 0.6 is 0 Å². The second-order valence-electron chi connectivity index (χ2n) is 7.97. The summed E-state index contributed by atoms with van der Waals surface area (Å²) in [6.07, 6.45) is 0.557. The summed E-state index contributed by atoms with van der Waals surface area (Å²) in [6, 6.07) is 20.8. The monoisotopic (exact) mass is 463 g/mol. The van der Waals surface area contributed by atoms with Crippen molar-refractivity contribution in [2.45, 2.75) is 17.9 Å². The number of benzene rings is 3. The predicted octanol–water partition coefficient (Wildman–Crippen LogP) is 3.94. The van der Waals surface area contributed by atoms with Crippen molar-refractivity contribution in [3.63, 3.8) is 0 Å². The molecule has 2 heterocycles. The Morgan fingerprint density at radius 2 is 1.79 bits per heavy atom. The van der Waals surface area contributed by atoms with Crippen LogP contribution in [0.4, 0.5) is 10.1 Å². The van der Waals surface area contributed by atoms with Crippen LogP contribution in [0.1, 0.15) is 21.6 Å². The Morgan fingerprint density at radius 1 is 1.03 bits per heavy atom. The molecule has 1 aliphatic heterocycles. The first kappa shape index (κ1) is 21.4. The van der Waals surface area contributed by atoms with Gasteiger partial charge < -0.3 is 9.47 Å². The van der Waals surface area contributed by atoms with E-state index in [1.807, 2.05) is 34.9 Å². The number of carbonyl (C=O) groups excluding carboxylic acids is 1. The molecule has 8 heteroatoms. The van der Waals surface area contributed by atoms with Gasteiger partial charge in [-0.3, -0.25) is 4.79 Å². The lowest BCUT2D eigenvalue weighted by atomic mass is 10.2. The second-order valence-corrected chi connectivity index (χ2v) is 9.86. The highest BCUT2D eigenvalue weighted by Gasteiger charge is 2.29. The number of amides is 1. The van der Waals surface area contributed by atoms with Gasteiger partial charge in [0.05, 0.1) is 11.4 Å². The first-order chi connectivity index (χ1) is 15.9.